The highest BCUT2D eigenvalue weighted by atomic mass is 19.4. The molecule has 4 aromatic rings. The van der Waals surface area contributed by atoms with Crippen molar-refractivity contribution >= 4 is 35.4 Å². The Morgan fingerprint density at radius 2 is 1.59 bits per heavy atom. The van der Waals surface area contributed by atoms with Crippen molar-refractivity contribution in [3.05, 3.63) is 72.4 Å². The number of hydrogen-bond donors (Lipinski definition) is 4. The number of morpholine rings is 1. The molecule has 0 spiro atoms. The zero-order valence-electron chi connectivity index (χ0n) is 32.9. The van der Waals surface area contributed by atoms with Crippen LogP contribution in [0.4, 0.5) is 29.5 Å². The lowest BCUT2D eigenvalue weighted by atomic mass is 9.81. The number of aromatic amines is 1. The predicted molar refractivity (Wildman–Crippen MR) is 210 cm³/mol. The number of aromatic nitrogens is 5. The van der Waals surface area contributed by atoms with Crippen molar-refractivity contribution in [3.63, 3.8) is 0 Å². The molecule has 1 saturated carbocycles. The van der Waals surface area contributed by atoms with Crippen molar-refractivity contribution in [2.45, 2.75) is 70.7 Å². The van der Waals surface area contributed by atoms with Gasteiger partial charge in [-0.3, -0.25) is 14.5 Å². The highest BCUT2D eigenvalue weighted by Crippen LogP contribution is 2.34. The molecule has 0 bridgehead atoms. The third kappa shape index (κ3) is 12.7. The summed E-state index contributed by atoms with van der Waals surface area (Å²) in [5.41, 5.74) is 9.70. The second kappa shape index (κ2) is 19.6. The maximum atomic E-state index is 14.5. The fourth-order valence-corrected chi connectivity index (χ4v) is 6.81. The fourth-order valence-electron chi connectivity index (χ4n) is 6.81. The number of benzene rings is 2. The van der Waals surface area contributed by atoms with Crippen LogP contribution in [0.25, 0.3) is 22.5 Å². The van der Waals surface area contributed by atoms with Crippen LogP contribution < -0.4 is 20.9 Å². The number of tetrazole rings is 1. The SMILES string of the molecule is CC(C)(C)OC(=O)NCC1CCC(C(=O)N(c2ccc(-c3nn[nH]n3)cc2)[C@@H](Cc2ccc(-c3ccnc(N4CCOCC4)c3)cc2)C(N)=O)CC1.O=C(O)C(F)(F)F. The number of aliphatic carboxylic acids is 1. The Hall–Kier alpha value is -6.11. The molecule has 16 nitrogen and oxygen atoms in total. The van der Waals surface area contributed by atoms with E-state index in [0.29, 0.717) is 49.7 Å². The number of amides is 3. The zero-order chi connectivity index (χ0) is 42.7. The number of H-pyrrole nitrogens is 1. The average molecular weight is 824 g/mol. The molecular formula is C40H48F3N9O7. The number of anilines is 2. The smallest absolute Gasteiger partial charge is 0.475 e. The van der Waals surface area contributed by atoms with Crippen molar-refractivity contribution in [2.75, 3.05) is 42.6 Å². The van der Waals surface area contributed by atoms with E-state index in [2.05, 4.69) is 41.9 Å². The van der Waals surface area contributed by atoms with E-state index in [9.17, 15) is 27.6 Å². The number of hydrogen-bond acceptors (Lipinski definition) is 11. The molecule has 3 amide bonds. The zero-order valence-corrected chi connectivity index (χ0v) is 32.9. The summed E-state index contributed by atoms with van der Waals surface area (Å²) >= 11 is 0. The first-order valence-electron chi connectivity index (χ1n) is 19.1. The summed E-state index contributed by atoms with van der Waals surface area (Å²) in [6, 6.07) is 18.3. The molecule has 59 heavy (non-hydrogen) atoms. The molecule has 19 heteroatoms. The van der Waals surface area contributed by atoms with Crippen LogP contribution in [-0.4, -0.2) is 105 Å². The van der Waals surface area contributed by atoms with Crippen molar-refractivity contribution in [3.8, 4) is 22.5 Å². The summed E-state index contributed by atoms with van der Waals surface area (Å²) in [7, 11) is 0. The van der Waals surface area contributed by atoms with Gasteiger partial charge in [0.25, 0.3) is 0 Å². The lowest BCUT2D eigenvalue weighted by Crippen LogP contribution is -2.52. The number of rotatable bonds is 11. The second-order valence-electron chi connectivity index (χ2n) is 15.2. The molecule has 2 aliphatic rings. The summed E-state index contributed by atoms with van der Waals surface area (Å²) in [5, 5.41) is 24.2. The fraction of sp³-hybridized carbons (Fsp3) is 0.450. The molecule has 0 radical (unpaired) electrons. The van der Waals surface area contributed by atoms with Gasteiger partial charge in [-0.1, -0.05) is 24.3 Å². The van der Waals surface area contributed by atoms with Crippen LogP contribution in [0.3, 0.4) is 0 Å². The Morgan fingerprint density at radius 1 is 0.966 bits per heavy atom. The molecule has 3 heterocycles. The van der Waals surface area contributed by atoms with Crippen molar-refractivity contribution < 1.29 is 46.9 Å². The Labute approximate surface area is 338 Å². The molecule has 0 unspecified atom stereocenters. The van der Waals surface area contributed by atoms with Crippen LogP contribution in [0.5, 0.6) is 0 Å². The minimum Gasteiger partial charge on any atom is -0.475 e. The molecule has 1 aliphatic carbocycles. The number of nitrogens with one attached hydrogen (secondary N) is 2. The number of nitrogens with two attached hydrogens (primary N) is 1. The third-order valence-electron chi connectivity index (χ3n) is 9.80. The van der Waals surface area contributed by atoms with Gasteiger partial charge in [0, 0.05) is 49.4 Å². The molecule has 6 rings (SSSR count). The molecule has 2 fully saturated rings. The number of carbonyl (C=O) groups is 4. The van der Waals surface area contributed by atoms with Crippen LogP contribution in [-0.2, 0) is 30.3 Å². The number of pyridine rings is 1. The molecule has 2 aromatic heterocycles. The van der Waals surface area contributed by atoms with Gasteiger partial charge in [0.1, 0.15) is 17.5 Å². The number of nitrogens with zero attached hydrogens (tertiary/aromatic N) is 6. The minimum absolute atomic E-state index is 0.154. The van der Waals surface area contributed by atoms with E-state index >= 15 is 0 Å². The van der Waals surface area contributed by atoms with E-state index in [-0.39, 0.29) is 24.2 Å². The lowest BCUT2D eigenvalue weighted by molar-refractivity contribution is -0.192. The molecule has 1 aliphatic heterocycles. The molecular weight excluding hydrogens is 775 g/mol. The van der Waals surface area contributed by atoms with Gasteiger partial charge in [-0.2, -0.15) is 18.4 Å². The van der Waals surface area contributed by atoms with Gasteiger partial charge in [0.15, 0.2) is 0 Å². The first-order chi connectivity index (χ1) is 28.0. The maximum Gasteiger partial charge on any atom is 0.490 e. The van der Waals surface area contributed by atoms with Crippen molar-refractivity contribution in [1.82, 2.24) is 30.9 Å². The highest BCUT2D eigenvalue weighted by Gasteiger charge is 2.38. The van der Waals surface area contributed by atoms with Crippen molar-refractivity contribution in [2.24, 2.45) is 17.6 Å². The summed E-state index contributed by atoms with van der Waals surface area (Å²) in [6.07, 6.45) is -0.736. The Kier molecular flexibility index (Phi) is 14.6. The number of carboxylic acids is 1. The normalized spacial score (nSPS) is 17.5. The highest BCUT2D eigenvalue weighted by molar-refractivity contribution is 6.01. The van der Waals surface area contributed by atoms with Gasteiger partial charge in [-0.25, -0.2) is 14.6 Å². The standard InChI is InChI=1S/C38H47N9O5.C2HF3O2/c1-38(2,3)52-37(50)41-24-26-6-10-29(11-7-26)36(49)47(31-14-12-28(13-15-31)35-42-44-45-43-35)32(34(39)48)22-25-4-8-27(9-5-25)30-16-17-40-33(23-30)46-18-20-51-21-19-46;3-2(4,5)1(6)7/h4-5,8-9,12-17,23,26,29,32H,6-7,10-11,18-22,24H2,1-3H3,(H2,39,48)(H,41,50)(H,42,43,44,45);(H,6,7)/t26?,29?,32-;/m0./s1. The van der Waals surface area contributed by atoms with E-state index in [4.69, 9.17) is 25.1 Å². The minimum atomic E-state index is -5.08. The summed E-state index contributed by atoms with van der Waals surface area (Å²) < 4.78 is 42.6. The Morgan fingerprint density at radius 3 is 2.15 bits per heavy atom. The van der Waals surface area contributed by atoms with Crippen LogP contribution in [0, 0.1) is 11.8 Å². The van der Waals surface area contributed by atoms with Crippen LogP contribution in [0.15, 0.2) is 66.9 Å². The lowest BCUT2D eigenvalue weighted by Gasteiger charge is -2.36. The van der Waals surface area contributed by atoms with Gasteiger partial charge in [-0.05, 0) is 111 Å². The number of alkyl halides is 3. The number of alkyl carbamates (subject to hydrolysis) is 1. The number of carboxylic acid groups (broad SMARTS) is 1. The first-order valence-corrected chi connectivity index (χ1v) is 19.1. The van der Waals surface area contributed by atoms with E-state index in [1.165, 1.54) is 0 Å². The second-order valence-corrected chi connectivity index (χ2v) is 15.2. The predicted octanol–water partition coefficient (Wildman–Crippen LogP) is 5.16. The number of ether oxygens (including phenoxy) is 2. The average Bonchev–Trinajstić information content (AvgIpc) is 3.76. The van der Waals surface area contributed by atoms with Gasteiger partial charge in [0.2, 0.25) is 17.6 Å². The largest absolute Gasteiger partial charge is 0.490 e. The van der Waals surface area contributed by atoms with E-state index in [1.807, 2.05) is 57.3 Å². The monoisotopic (exact) mass is 823 g/mol. The first kappa shape index (κ1) is 44.0. The van der Waals surface area contributed by atoms with Crippen LogP contribution in [0.2, 0.25) is 0 Å². The van der Waals surface area contributed by atoms with Gasteiger partial charge < -0.3 is 30.5 Å². The molecule has 1 saturated heterocycles. The summed E-state index contributed by atoms with van der Waals surface area (Å²) in [6.45, 7) is 8.91. The number of carbonyl (C=O) groups excluding carboxylic acids is 3. The number of halogens is 3. The van der Waals surface area contributed by atoms with E-state index in [0.717, 1.165) is 48.4 Å². The third-order valence-corrected chi connectivity index (χ3v) is 9.80. The maximum absolute atomic E-state index is 14.5. The van der Waals surface area contributed by atoms with Gasteiger partial charge in [-0.15, -0.1) is 10.2 Å². The van der Waals surface area contributed by atoms with Gasteiger partial charge >= 0.3 is 18.2 Å². The van der Waals surface area contributed by atoms with Crippen molar-refractivity contribution in [1.29, 1.82) is 0 Å². The van der Waals surface area contributed by atoms with Crippen LogP contribution >= 0.6 is 0 Å². The quantitative estimate of drug-likeness (QED) is 0.154. The van der Waals surface area contributed by atoms with Crippen LogP contribution in [0.1, 0.15) is 52.0 Å². The Balaban J connectivity index is 0.000000867. The summed E-state index contributed by atoms with van der Waals surface area (Å²) in [5.74, 6) is -2.28. The van der Waals surface area contributed by atoms with Gasteiger partial charge in [0.05, 0.1) is 13.2 Å². The van der Waals surface area contributed by atoms with E-state index in [1.54, 1.807) is 29.2 Å². The Bertz CT molecular complexity index is 2010. The molecule has 2 aromatic carbocycles. The summed E-state index contributed by atoms with van der Waals surface area (Å²) in [4.78, 5) is 57.2. The number of primary amides is 1. The topological polar surface area (TPSA) is 219 Å². The van der Waals surface area contributed by atoms with E-state index < -0.39 is 35.8 Å². The molecule has 1 atom stereocenters. The molecule has 5 N–H and O–H groups in total. The molecule has 316 valence electrons.